The van der Waals surface area contributed by atoms with Crippen LogP contribution < -0.4 is 0 Å². The number of hydrogen-bond acceptors (Lipinski definition) is 5. The summed E-state index contributed by atoms with van der Waals surface area (Å²) in [5, 5.41) is 0. The molecule has 0 aromatic heterocycles. The molecular weight excluding hydrogens is 272 g/mol. The van der Waals surface area contributed by atoms with E-state index in [0.717, 1.165) is 38.8 Å². The molecule has 2 heterocycles. The van der Waals surface area contributed by atoms with E-state index >= 15 is 0 Å². The average Bonchev–Trinajstić information content (AvgIpc) is 2.75. The molecule has 6 nitrogen and oxygen atoms in total. The summed E-state index contributed by atoms with van der Waals surface area (Å²) < 4.78 is 11.3. The van der Waals surface area contributed by atoms with Gasteiger partial charge in [-0.2, -0.15) is 0 Å². The van der Waals surface area contributed by atoms with Gasteiger partial charge in [0.15, 0.2) is 6.29 Å². The van der Waals surface area contributed by atoms with Crippen molar-refractivity contribution in [1.29, 1.82) is 0 Å². The van der Waals surface area contributed by atoms with E-state index in [1.54, 1.807) is 7.05 Å². The third-order valence-corrected chi connectivity index (χ3v) is 4.13. The van der Waals surface area contributed by atoms with Gasteiger partial charge in [-0.15, -0.1) is 0 Å². The van der Waals surface area contributed by atoms with Crippen LogP contribution in [0.15, 0.2) is 0 Å². The van der Waals surface area contributed by atoms with E-state index in [0.29, 0.717) is 13.2 Å². The molecule has 0 bridgehead atoms. The van der Waals surface area contributed by atoms with Crippen molar-refractivity contribution in [3.63, 3.8) is 0 Å². The van der Waals surface area contributed by atoms with Crippen molar-refractivity contribution in [2.75, 3.05) is 33.4 Å². The lowest BCUT2D eigenvalue weighted by Gasteiger charge is -2.28. The van der Waals surface area contributed by atoms with Crippen molar-refractivity contribution in [2.45, 2.75) is 51.4 Å². The number of likely N-dealkylation sites (N-methyl/N-ethyl adjacent to an activating group) is 1. The number of hydrogen-bond donors (Lipinski definition) is 0. The summed E-state index contributed by atoms with van der Waals surface area (Å²) in [5.41, 5.74) is 0. The molecule has 2 aliphatic heterocycles. The van der Waals surface area contributed by atoms with Gasteiger partial charge in [-0.05, 0) is 32.2 Å². The molecule has 2 aliphatic rings. The van der Waals surface area contributed by atoms with Gasteiger partial charge in [0.1, 0.15) is 0 Å². The minimum Gasteiger partial charge on any atom is -0.353 e. The van der Waals surface area contributed by atoms with Crippen molar-refractivity contribution in [3.05, 3.63) is 0 Å². The van der Waals surface area contributed by atoms with Crippen LogP contribution in [-0.4, -0.2) is 67.3 Å². The number of carbonyl (C=O) groups is 2. The van der Waals surface area contributed by atoms with E-state index < -0.39 is 0 Å². The Kier molecular flexibility index (Phi) is 6.14. The highest BCUT2D eigenvalue weighted by atomic mass is 16.7. The van der Waals surface area contributed by atoms with Gasteiger partial charge < -0.3 is 9.47 Å². The number of likely N-dealkylation sites (tertiary alicyclic amines) is 1. The normalized spacial score (nSPS) is 26.9. The molecule has 2 saturated heterocycles. The lowest BCUT2D eigenvalue weighted by atomic mass is 10.2. The molecule has 0 spiro atoms. The Bertz CT molecular complexity index is 369. The molecule has 0 aromatic rings. The summed E-state index contributed by atoms with van der Waals surface area (Å²) in [6, 6.07) is -0.321. The Morgan fingerprint density at radius 2 is 2.14 bits per heavy atom. The zero-order chi connectivity index (χ0) is 15.2. The summed E-state index contributed by atoms with van der Waals surface area (Å²) in [4.78, 5) is 27.0. The lowest BCUT2D eigenvalue weighted by molar-refractivity contribution is -0.165. The molecule has 0 aromatic carbocycles. The zero-order valence-corrected chi connectivity index (χ0v) is 13.0. The average molecular weight is 298 g/mol. The fraction of sp³-hybridized carbons (Fsp3) is 0.867. The molecule has 2 fully saturated rings. The SMILES string of the molecule is CCCN(CCOC1CCCCO1)C1CC(=O)N(C)C1=O. The van der Waals surface area contributed by atoms with Gasteiger partial charge in [-0.1, -0.05) is 6.92 Å². The highest BCUT2D eigenvalue weighted by Gasteiger charge is 2.39. The highest BCUT2D eigenvalue weighted by molar-refractivity contribution is 6.05. The van der Waals surface area contributed by atoms with E-state index in [9.17, 15) is 9.59 Å². The van der Waals surface area contributed by atoms with Crippen molar-refractivity contribution >= 4 is 11.8 Å². The Morgan fingerprint density at radius 1 is 1.33 bits per heavy atom. The topological polar surface area (TPSA) is 59.1 Å². The van der Waals surface area contributed by atoms with Gasteiger partial charge in [0, 0.05) is 20.2 Å². The lowest BCUT2D eigenvalue weighted by Crippen LogP contribution is -2.43. The van der Waals surface area contributed by atoms with Crippen molar-refractivity contribution < 1.29 is 19.1 Å². The largest absolute Gasteiger partial charge is 0.353 e. The van der Waals surface area contributed by atoms with Crippen molar-refractivity contribution in [3.8, 4) is 0 Å². The summed E-state index contributed by atoms with van der Waals surface area (Å²) in [7, 11) is 1.56. The number of ether oxygens (including phenoxy) is 2. The van der Waals surface area contributed by atoms with Crippen LogP contribution in [0.25, 0.3) is 0 Å². The van der Waals surface area contributed by atoms with E-state index in [1.807, 2.05) is 0 Å². The fourth-order valence-electron chi connectivity index (χ4n) is 2.88. The monoisotopic (exact) mass is 298 g/mol. The summed E-state index contributed by atoms with van der Waals surface area (Å²) in [6.45, 7) is 4.83. The minimum atomic E-state index is -0.321. The molecule has 2 atom stereocenters. The molecule has 120 valence electrons. The van der Waals surface area contributed by atoms with E-state index in [2.05, 4.69) is 11.8 Å². The maximum atomic E-state index is 12.1. The summed E-state index contributed by atoms with van der Waals surface area (Å²) in [6.07, 6.45) is 4.32. The number of rotatable bonds is 7. The molecule has 2 unspecified atom stereocenters. The van der Waals surface area contributed by atoms with Crippen molar-refractivity contribution in [2.24, 2.45) is 0 Å². The number of imide groups is 1. The second kappa shape index (κ2) is 7.87. The van der Waals surface area contributed by atoms with Gasteiger partial charge in [-0.25, -0.2) is 0 Å². The molecule has 21 heavy (non-hydrogen) atoms. The van der Waals surface area contributed by atoms with Crippen LogP contribution in [0.5, 0.6) is 0 Å². The van der Waals surface area contributed by atoms with Gasteiger partial charge >= 0.3 is 0 Å². The van der Waals surface area contributed by atoms with Crippen LogP contribution in [0.4, 0.5) is 0 Å². The molecule has 2 rings (SSSR count). The quantitative estimate of drug-likeness (QED) is 0.656. The Morgan fingerprint density at radius 3 is 2.71 bits per heavy atom. The first-order valence-corrected chi connectivity index (χ1v) is 7.91. The molecule has 0 N–H and O–H groups in total. The second-order valence-electron chi connectivity index (χ2n) is 5.71. The van der Waals surface area contributed by atoms with Gasteiger partial charge in [0.2, 0.25) is 11.8 Å². The van der Waals surface area contributed by atoms with E-state index in [-0.39, 0.29) is 30.6 Å². The maximum absolute atomic E-state index is 12.1. The third-order valence-electron chi connectivity index (χ3n) is 4.13. The minimum absolute atomic E-state index is 0.0948. The standard InChI is InChI=1S/C15H26N2O4/c1-3-7-17(12-11-13(18)16(2)15(12)19)8-10-21-14-6-4-5-9-20-14/h12,14H,3-11H2,1-2H3. The van der Waals surface area contributed by atoms with E-state index in [1.165, 1.54) is 4.90 Å². The number of nitrogens with zero attached hydrogens (tertiary/aromatic N) is 2. The first kappa shape index (κ1) is 16.4. The number of amides is 2. The highest BCUT2D eigenvalue weighted by Crippen LogP contribution is 2.18. The van der Waals surface area contributed by atoms with Crippen LogP contribution >= 0.6 is 0 Å². The van der Waals surface area contributed by atoms with Gasteiger partial charge in [0.05, 0.1) is 19.1 Å². The molecule has 2 amide bonds. The molecule has 6 heteroatoms. The number of carbonyl (C=O) groups excluding carboxylic acids is 2. The van der Waals surface area contributed by atoms with Crippen LogP contribution in [0, 0.1) is 0 Å². The summed E-state index contributed by atoms with van der Waals surface area (Å²) >= 11 is 0. The first-order valence-electron chi connectivity index (χ1n) is 7.91. The van der Waals surface area contributed by atoms with Gasteiger partial charge in [0.25, 0.3) is 0 Å². The molecule has 0 radical (unpaired) electrons. The fourth-order valence-corrected chi connectivity index (χ4v) is 2.88. The van der Waals surface area contributed by atoms with Crippen LogP contribution in [0.2, 0.25) is 0 Å². The Hall–Kier alpha value is -0.980. The maximum Gasteiger partial charge on any atom is 0.246 e. The van der Waals surface area contributed by atoms with Crippen LogP contribution in [0.1, 0.15) is 39.0 Å². The first-order chi connectivity index (χ1) is 10.1. The van der Waals surface area contributed by atoms with Crippen LogP contribution in [-0.2, 0) is 19.1 Å². The Labute approximate surface area is 126 Å². The van der Waals surface area contributed by atoms with Crippen molar-refractivity contribution in [1.82, 2.24) is 9.80 Å². The van der Waals surface area contributed by atoms with Gasteiger partial charge in [-0.3, -0.25) is 19.4 Å². The van der Waals surface area contributed by atoms with Crippen LogP contribution in [0.3, 0.4) is 0 Å². The molecular formula is C15H26N2O4. The predicted octanol–water partition coefficient (Wildman–Crippen LogP) is 0.999. The second-order valence-corrected chi connectivity index (χ2v) is 5.71. The Balaban J connectivity index is 1.81. The van der Waals surface area contributed by atoms with E-state index in [4.69, 9.17) is 9.47 Å². The summed E-state index contributed by atoms with van der Waals surface area (Å²) in [5.74, 6) is -0.190. The molecule has 0 saturated carbocycles. The third kappa shape index (κ3) is 4.25. The zero-order valence-electron chi connectivity index (χ0n) is 13.0. The smallest absolute Gasteiger partial charge is 0.246 e. The predicted molar refractivity (Wildman–Crippen MR) is 77.6 cm³/mol. The molecule has 0 aliphatic carbocycles.